The Hall–Kier alpha value is -4.70. The molecule has 16 heteroatoms. The number of aliphatic carboxylic acids is 1. The van der Waals surface area contributed by atoms with Crippen molar-refractivity contribution in [2.24, 2.45) is 0 Å². The number of ether oxygens (including phenoxy) is 4. The molecule has 3 heterocycles. The van der Waals surface area contributed by atoms with Gasteiger partial charge in [-0.25, -0.2) is 19.7 Å². The summed E-state index contributed by atoms with van der Waals surface area (Å²) in [6.07, 6.45) is -4.66. The van der Waals surface area contributed by atoms with Gasteiger partial charge in [-0.05, 0) is 45.0 Å². The normalized spacial score (nSPS) is 17.0. The van der Waals surface area contributed by atoms with E-state index in [4.69, 9.17) is 28.8 Å². The molecule has 1 aliphatic heterocycles. The van der Waals surface area contributed by atoms with Gasteiger partial charge >= 0.3 is 12.1 Å². The zero-order valence-electron chi connectivity index (χ0n) is 25.2. The standard InChI is InChI=1S/C27H32N6O5.C2HF3O2/c1-15-13-33(14-16(2)38-15)8-9-37-18-6-7-21-20(10-18)25(34)31-27(29-21)32-26-28-17(3)19-11-23(35-4)24(36-5)12-22(19)30-26;3-2(4,5)1(6)7/h6-7,10-12,15-16H,8-9,13-14H2,1-5H3,(H2,28,29,30,31,32,34);(H,6,7). The number of aryl methyl sites for hydroxylation is 1. The van der Waals surface area contributed by atoms with Gasteiger partial charge in [0.25, 0.3) is 5.56 Å². The summed E-state index contributed by atoms with van der Waals surface area (Å²) in [4.78, 5) is 40.5. The number of nitrogens with one attached hydrogen (secondary N) is 2. The highest BCUT2D eigenvalue weighted by molar-refractivity contribution is 5.86. The van der Waals surface area contributed by atoms with Crippen molar-refractivity contribution in [2.75, 3.05) is 45.8 Å². The Labute approximate surface area is 255 Å². The first kappa shape index (κ1) is 33.2. The number of rotatable bonds is 8. The van der Waals surface area contributed by atoms with Crippen molar-refractivity contribution >= 4 is 39.7 Å². The number of carboxylic acid groups (broad SMARTS) is 1. The molecule has 0 spiro atoms. The molecule has 2 aromatic heterocycles. The maximum Gasteiger partial charge on any atom is 0.490 e. The van der Waals surface area contributed by atoms with Gasteiger partial charge in [0.15, 0.2) is 11.5 Å². The Bertz CT molecular complexity index is 1720. The van der Waals surface area contributed by atoms with Gasteiger partial charge in [0.1, 0.15) is 12.4 Å². The second-order valence-electron chi connectivity index (χ2n) is 10.2. The number of anilines is 2. The number of carboxylic acids is 1. The van der Waals surface area contributed by atoms with E-state index in [2.05, 4.69) is 44.0 Å². The van der Waals surface area contributed by atoms with Gasteiger partial charge in [0.05, 0.1) is 48.5 Å². The number of methoxy groups -OCH3 is 2. The average molecular weight is 635 g/mol. The Morgan fingerprint density at radius 2 is 1.69 bits per heavy atom. The van der Waals surface area contributed by atoms with E-state index in [1.807, 2.05) is 19.1 Å². The summed E-state index contributed by atoms with van der Waals surface area (Å²) in [7, 11) is 3.15. The highest BCUT2D eigenvalue weighted by Gasteiger charge is 2.38. The van der Waals surface area contributed by atoms with Crippen LogP contribution in [0.25, 0.3) is 21.8 Å². The van der Waals surface area contributed by atoms with Crippen molar-refractivity contribution in [3.63, 3.8) is 0 Å². The lowest BCUT2D eigenvalue weighted by Crippen LogP contribution is -2.46. The highest BCUT2D eigenvalue weighted by atomic mass is 19.4. The fraction of sp³-hybridized carbons (Fsp3) is 0.414. The minimum absolute atomic E-state index is 0.210. The summed E-state index contributed by atoms with van der Waals surface area (Å²) in [5.74, 6) is -0.428. The van der Waals surface area contributed by atoms with Crippen LogP contribution in [0.2, 0.25) is 0 Å². The first-order valence-electron chi connectivity index (χ1n) is 13.8. The molecule has 242 valence electrons. The second kappa shape index (κ2) is 13.9. The third-order valence-corrected chi connectivity index (χ3v) is 6.71. The first-order chi connectivity index (χ1) is 21.3. The lowest BCUT2D eigenvalue weighted by molar-refractivity contribution is -0.192. The van der Waals surface area contributed by atoms with Crippen molar-refractivity contribution in [1.82, 2.24) is 24.8 Å². The molecule has 45 heavy (non-hydrogen) atoms. The Kier molecular flexibility index (Phi) is 10.3. The molecule has 1 saturated heterocycles. The van der Waals surface area contributed by atoms with E-state index in [0.29, 0.717) is 46.2 Å². The van der Waals surface area contributed by atoms with Gasteiger partial charge in [-0.2, -0.15) is 13.2 Å². The zero-order chi connectivity index (χ0) is 32.9. The van der Waals surface area contributed by atoms with Crippen molar-refractivity contribution < 1.29 is 42.0 Å². The number of morpholine rings is 1. The summed E-state index contributed by atoms with van der Waals surface area (Å²) < 4.78 is 54.2. The van der Waals surface area contributed by atoms with Crippen LogP contribution in [0.4, 0.5) is 25.1 Å². The number of benzene rings is 2. The monoisotopic (exact) mass is 634 g/mol. The predicted octanol–water partition coefficient (Wildman–Crippen LogP) is 4.06. The van der Waals surface area contributed by atoms with Gasteiger partial charge in [0.2, 0.25) is 11.9 Å². The lowest BCUT2D eigenvalue weighted by atomic mass is 10.1. The number of aromatic nitrogens is 4. The number of fused-ring (bicyclic) bond motifs is 2. The number of alkyl halides is 3. The molecule has 0 amide bonds. The van der Waals surface area contributed by atoms with E-state index in [1.54, 1.807) is 32.4 Å². The third-order valence-electron chi connectivity index (χ3n) is 6.71. The van der Waals surface area contributed by atoms with Gasteiger partial charge in [-0.1, -0.05) is 0 Å². The van der Waals surface area contributed by atoms with Crippen LogP contribution in [0.1, 0.15) is 19.5 Å². The van der Waals surface area contributed by atoms with Crippen LogP contribution in [-0.2, 0) is 9.53 Å². The smallest absolute Gasteiger partial charge is 0.490 e. The quantitative estimate of drug-likeness (QED) is 0.255. The van der Waals surface area contributed by atoms with Gasteiger partial charge in [-0.15, -0.1) is 0 Å². The van der Waals surface area contributed by atoms with Crippen molar-refractivity contribution in [1.29, 1.82) is 0 Å². The largest absolute Gasteiger partial charge is 0.493 e. The Balaban J connectivity index is 0.000000591. The molecule has 4 aromatic rings. The maximum atomic E-state index is 12.9. The van der Waals surface area contributed by atoms with Crippen LogP contribution in [0.3, 0.4) is 0 Å². The minimum atomic E-state index is -5.08. The van der Waals surface area contributed by atoms with E-state index in [9.17, 15) is 18.0 Å². The first-order valence-corrected chi connectivity index (χ1v) is 13.8. The van der Waals surface area contributed by atoms with E-state index in [1.165, 1.54) is 0 Å². The summed E-state index contributed by atoms with van der Waals surface area (Å²) >= 11 is 0. The molecule has 2 atom stereocenters. The maximum absolute atomic E-state index is 12.9. The third kappa shape index (κ3) is 8.48. The fourth-order valence-electron chi connectivity index (χ4n) is 4.80. The molecule has 1 fully saturated rings. The molecular formula is C29H33F3N6O7. The summed E-state index contributed by atoms with van der Waals surface area (Å²) in [5, 5.41) is 11.4. The summed E-state index contributed by atoms with van der Waals surface area (Å²) in [6.45, 7) is 9.11. The van der Waals surface area contributed by atoms with E-state index in [0.717, 1.165) is 30.7 Å². The Morgan fingerprint density at radius 3 is 2.31 bits per heavy atom. The Morgan fingerprint density at radius 1 is 1.04 bits per heavy atom. The predicted molar refractivity (Wildman–Crippen MR) is 159 cm³/mol. The van der Waals surface area contributed by atoms with E-state index >= 15 is 0 Å². The van der Waals surface area contributed by atoms with Crippen molar-refractivity contribution in [3.05, 3.63) is 46.4 Å². The van der Waals surface area contributed by atoms with Crippen LogP contribution >= 0.6 is 0 Å². The average Bonchev–Trinajstić information content (AvgIpc) is 2.96. The van der Waals surface area contributed by atoms with Crippen molar-refractivity contribution in [3.8, 4) is 17.2 Å². The highest BCUT2D eigenvalue weighted by Crippen LogP contribution is 2.33. The molecule has 0 aliphatic carbocycles. The molecule has 3 N–H and O–H groups in total. The number of hydrogen-bond acceptors (Lipinski definition) is 11. The van der Waals surface area contributed by atoms with Crippen LogP contribution < -0.4 is 25.1 Å². The molecule has 0 radical (unpaired) electrons. The van der Waals surface area contributed by atoms with Gasteiger partial charge in [0, 0.05) is 31.1 Å². The number of aromatic amines is 1. The topological polar surface area (TPSA) is 161 Å². The van der Waals surface area contributed by atoms with Crippen LogP contribution in [-0.4, -0.2) is 94.8 Å². The number of carbonyl (C=O) groups is 1. The van der Waals surface area contributed by atoms with Crippen LogP contribution in [0.5, 0.6) is 17.2 Å². The lowest BCUT2D eigenvalue weighted by Gasteiger charge is -2.35. The van der Waals surface area contributed by atoms with Crippen molar-refractivity contribution in [2.45, 2.75) is 39.2 Å². The van der Waals surface area contributed by atoms with Gasteiger partial charge in [-0.3, -0.25) is 20.0 Å². The molecule has 2 unspecified atom stereocenters. The molecule has 1 aliphatic rings. The number of nitrogens with zero attached hydrogens (tertiary/aromatic N) is 4. The molecule has 13 nitrogen and oxygen atoms in total. The molecule has 5 rings (SSSR count). The number of halogens is 3. The second-order valence-corrected chi connectivity index (χ2v) is 10.2. The summed E-state index contributed by atoms with van der Waals surface area (Å²) in [5.41, 5.74) is 1.65. The molecule has 2 aromatic carbocycles. The molecule has 0 saturated carbocycles. The van der Waals surface area contributed by atoms with E-state index < -0.39 is 12.1 Å². The molecule has 0 bridgehead atoms. The fourth-order valence-corrected chi connectivity index (χ4v) is 4.80. The minimum Gasteiger partial charge on any atom is -0.493 e. The summed E-state index contributed by atoms with van der Waals surface area (Å²) in [6, 6.07) is 8.93. The SMILES string of the molecule is COc1cc2nc(Nc3nc4ccc(OCCN5CC(C)OC(C)C5)cc4c(=O)[nH]3)nc(C)c2cc1OC.O=C(O)C(F)(F)F. The van der Waals surface area contributed by atoms with E-state index in [-0.39, 0.29) is 23.7 Å². The number of H-pyrrole nitrogens is 1. The van der Waals surface area contributed by atoms with Crippen LogP contribution in [0.15, 0.2) is 35.1 Å². The van der Waals surface area contributed by atoms with Crippen LogP contribution in [0, 0.1) is 6.92 Å². The number of hydrogen-bond donors (Lipinski definition) is 3. The van der Waals surface area contributed by atoms with Gasteiger partial charge < -0.3 is 24.1 Å². The molecular weight excluding hydrogens is 601 g/mol. The zero-order valence-corrected chi connectivity index (χ0v) is 25.2.